The molecule has 0 saturated carbocycles. The number of hydrogen-bond donors (Lipinski definition) is 1. The molecule has 0 atom stereocenters. The molecule has 0 unspecified atom stereocenters. The molecule has 0 saturated heterocycles. The van der Waals surface area contributed by atoms with Crippen LogP contribution in [-0.4, -0.2) is 9.97 Å². The van der Waals surface area contributed by atoms with Crippen LogP contribution in [0.5, 0.6) is 0 Å². The van der Waals surface area contributed by atoms with E-state index in [1.54, 1.807) is 24.3 Å². The molecule has 2 rings (SSSR count). The number of fused-ring (bicyclic) bond motifs is 1. The summed E-state index contributed by atoms with van der Waals surface area (Å²) in [6, 6.07) is 6.92. The van der Waals surface area contributed by atoms with Gasteiger partial charge in [0, 0.05) is 5.39 Å². The number of thiol groups is 1. The van der Waals surface area contributed by atoms with Crippen molar-refractivity contribution in [3.63, 3.8) is 0 Å². The Morgan fingerprint density at radius 3 is 2.57 bits per heavy atom. The monoisotopic (exact) mass is 212 g/mol. The van der Waals surface area contributed by atoms with Crippen molar-refractivity contribution in [3.05, 3.63) is 30.1 Å². The van der Waals surface area contributed by atoms with Gasteiger partial charge in [0.1, 0.15) is 5.03 Å². The summed E-state index contributed by atoms with van der Waals surface area (Å²) in [5.41, 5.74) is 0.489. The van der Waals surface area contributed by atoms with E-state index >= 15 is 0 Å². The Bertz CT molecular complexity index is 473. The molecule has 1 aromatic carbocycles. The summed E-state index contributed by atoms with van der Waals surface area (Å²) in [5, 5.41) is 0.964. The van der Waals surface area contributed by atoms with Gasteiger partial charge < -0.3 is 0 Å². The highest BCUT2D eigenvalue weighted by atomic mass is 32.1. The first-order chi connectivity index (χ1) is 6.68. The van der Waals surface area contributed by atoms with Crippen LogP contribution >= 0.6 is 12.6 Å². The molecule has 2 nitrogen and oxygen atoms in total. The molecule has 5 heteroatoms. The van der Waals surface area contributed by atoms with Crippen LogP contribution in [0.4, 0.5) is 8.78 Å². The summed E-state index contributed by atoms with van der Waals surface area (Å²) in [7, 11) is 0. The second kappa shape index (κ2) is 3.49. The summed E-state index contributed by atoms with van der Waals surface area (Å²) < 4.78 is 24.6. The predicted octanol–water partition coefficient (Wildman–Crippen LogP) is 2.86. The van der Waals surface area contributed by atoms with Crippen LogP contribution in [0.3, 0.4) is 0 Å². The molecule has 0 spiro atoms. The Morgan fingerprint density at radius 2 is 1.86 bits per heavy atom. The highest BCUT2D eigenvalue weighted by Gasteiger charge is 2.12. The number of hydrogen-bond acceptors (Lipinski definition) is 3. The Balaban J connectivity index is 2.72. The number of nitrogens with zero attached hydrogens (tertiary/aromatic N) is 2. The van der Waals surface area contributed by atoms with Crippen LogP contribution in [0.1, 0.15) is 12.2 Å². The first kappa shape index (κ1) is 9.33. The molecule has 1 heterocycles. The van der Waals surface area contributed by atoms with Crippen LogP contribution < -0.4 is 0 Å². The second-order valence-corrected chi connectivity index (χ2v) is 3.15. The van der Waals surface area contributed by atoms with Crippen molar-refractivity contribution in [2.45, 2.75) is 11.5 Å². The van der Waals surface area contributed by atoms with E-state index in [0.717, 1.165) is 0 Å². The van der Waals surface area contributed by atoms with Crippen LogP contribution in [-0.2, 0) is 0 Å². The Morgan fingerprint density at radius 1 is 1.14 bits per heavy atom. The van der Waals surface area contributed by atoms with Crippen LogP contribution in [0.15, 0.2) is 29.3 Å². The zero-order chi connectivity index (χ0) is 10.1. The van der Waals surface area contributed by atoms with Gasteiger partial charge in [-0.05, 0) is 6.07 Å². The predicted molar refractivity (Wildman–Crippen MR) is 51.7 cm³/mol. The van der Waals surface area contributed by atoms with Crippen molar-refractivity contribution in [1.29, 1.82) is 0 Å². The Hall–Kier alpha value is -1.23. The highest BCUT2D eigenvalue weighted by Crippen LogP contribution is 2.22. The number of alkyl halides is 2. The van der Waals surface area contributed by atoms with E-state index in [2.05, 4.69) is 22.6 Å². The van der Waals surface area contributed by atoms with Gasteiger partial charge >= 0.3 is 0 Å². The zero-order valence-corrected chi connectivity index (χ0v) is 7.88. The van der Waals surface area contributed by atoms with Gasteiger partial charge in [0.25, 0.3) is 6.43 Å². The van der Waals surface area contributed by atoms with Gasteiger partial charge in [0.2, 0.25) is 0 Å². The van der Waals surface area contributed by atoms with E-state index in [1.165, 1.54) is 0 Å². The summed E-state index contributed by atoms with van der Waals surface area (Å²) in [4.78, 5) is 7.33. The molecular weight excluding hydrogens is 206 g/mol. The Labute approximate surface area is 84.4 Å². The molecule has 0 aliphatic carbocycles. The fourth-order valence-corrected chi connectivity index (χ4v) is 1.47. The minimum Gasteiger partial charge on any atom is -0.227 e. The topological polar surface area (TPSA) is 25.8 Å². The van der Waals surface area contributed by atoms with E-state index < -0.39 is 12.2 Å². The first-order valence-electron chi connectivity index (χ1n) is 3.92. The minimum absolute atomic E-state index is 0.283. The average molecular weight is 212 g/mol. The minimum atomic E-state index is -2.66. The third-order valence-corrected chi connectivity index (χ3v) is 2.14. The van der Waals surface area contributed by atoms with E-state index in [0.29, 0.717) is 10.9 Å². The van der Waals surface area contributed by atoms with E-state index in [9.17, 15) is 8.78 Å². The van der Waals surface area contributed by atoms with Gasteiger partial charge in [-0.3, -0.25) is 0 Å². The van der Waals surface area contributed by atoms with Crippen molar-refractivity contribution in [3.8, 4) is 0 Å². The van der Waals surface area contributed by atoms with E-state index in [-0.39, 0.29) is 5.03 Å². The molecule has 0 N–H and O–H groups in total. The van der Waals surface area contributed by atoms with Gasteiger partial charge in [-0.2, -0.15) is 0 Å². The normalized spacial score (nSPS) is 11.1. The summed E-state index contributed by atoms with van der Waals surface area (Å²) in [6.07, 6.45) is -2.66. The smallest absolute Gasteiger partial charge is 0.227 e. The lowest BCUT2D eigenvalue weighted by atomic mass is 10.2. The average Bonchev–Trinajstić information content (AvgIpc) is 2.17. The summed E-state index contributed by atoms with van der Waals surface area (Å²) in [6.45, 7) is 0. The fraction of sp³-hybridized carbons (Fsp3) is 0.111. The quantitative estimate of drug-likeness (QED) is 0.581. The maximum absolute atomic E-state index is 12.3. The zero-order valence-electron chi connectivity index (χ0n) is 6.98. The maximum Gasteiger partial charge on any atom is 0.297 e. The number of aromatic nitrogens is 2. The van der Waals surface area contributed by atoms with Crippen molar-refractivity contribution in [1.82, 2.24) is 9.97 Å². The van der Waals surface area contributed by atoms with Crippen molar-refractivity contribution >= 4 is 23.5 Å². The van der Waals surface area contributed by atoms with Gasteiger partial charge in [-0.1, -0.05) is 18.2 Å². The van der Waals surface area contributed by atoms with Crippen molar-refractivity contribution < 1.29 is 8.78 Å². The second-order valence-electron chi connectivity index (χ2n) is 2.72. The lowest BCUT2D eigenvalue weighted by Crippen LogP contribution is -1.96. The molecule has 0 radical (unpaired) electrons. The molecule has 72 valence electrons. The molecule has 2 aromatic rings. The molecule has 1 aromatic heterocycles. The number of rotatable bonds is 1. The van der Waals surface area contributed by atoms with Crippen LogP contribution in [0, 0.1) is 0 Å². The third kappa shape index (κ3) is 1.55. The van der Waals surface area contributed by atoms with Crippen molar-refractivity contribution in [2.75, 3.05) is 0 Å². The lowest BCUT2D eigenvalue weighted by Gasteiger charge is -2.03. The SMILES string of the molecule is FC(F)c1nc(S)c2ccccc2n1. The molecule has 14 heavy (non-hydrogen) atoms. The number of para-hydroxylation sites is 1. The highest BCUT2D eigenvalue weighted by molar-refractivity contribution is 7.80. The van der Waals surface area contributed by atoms with Gasteiger partial charge in [-0.15, -0.1) is 12.6 Å². The van der Waals surface area contributed by atoms with Gasteiger partial charge in [0.15, 0.2) is 5.82 Å². The number of halogens is 2. The third-order valence-electron chi connectivity index (χ3n) is 1.80. The molecule has 0 bridgehead atoms. The lowest BCUT2D eigenvalue weighted by molar-refractivity contribution is 0.140. The first-order valence-corrected chi connectivity index (χ1v) is 4.37. The molecular formula is C9H6F2N2S. The molecule has 0 amide bonds. The van der Waals surface area contributed by atoms with Crippen molar-refractivity contribution in [2.24, 2.45) is 0 Å². The van der Waals surface area contributed by atoms with Crippen LogP contribution in [0.25, 0.3) is 10.9 Å². The summed E-state index contributed by atoms with van der Waals surface area (Å²) in [5.74, 6) is -0.478. The Kier molecular flexibility index (Phi) is 2.33. The van der Waals surface area contributed by atoms with Crippen LogP contribution in [0.2, 0.25) is 0 Å². The molecule has 0 aliphatic heterocycles. The van der Waals surface area contributed by atoms with Gasteiger partial charge in [0.05, 0.1) is 5.52 Å². The van der Waals surface area contributed by atoms with E-state index in [1.807, 2.05) is 0 Å². The number of benzene rings is 1. The molecule has 0 aliphatic rings. The molecule has 0 fully saturated rings. The van der Waals surface area contributed by atoms with Gasteiger partial charge in [-0.25, -0.2) is 18.7 Å². The standard InChI is InChI=1S/C9H6F2N2S/c10-7(11)8-12-6-4-2-1-3-5(6)9(14)13-8/h1-4,7H,(H,12,13,14). The largest absolute Gasteiger partial charge is 0.297 e. The fourth-order valence-electron chi connectivity index (χ4n) is 1.17. The van der Waals surface area contributed by atoms with E-state index in [4.69, 9.17) is 0 Å². The maximum atomic E-state index is 12.3. The summed E-state index contributed by atoms with van der Waals surface area (Å²) >= 11 is 4.03.